The minimum absolute atomic E-state index is 0.0909. The Hall–Kier alpha value is -2.15. The maximum Gasteiger partial charge on any atom is 0.319 e. The quantitative estimate of drug-likeness (QED) is 0.733. The van der Waals surface area contributed by atoms with Gasteiger partial charge in [0.25, 0.3) is 0 Å². The van der Waals surface area contributed by atoms with Crippen molar-refractivity contribution in [2.24, 2.45) is 7.05 Å². The zero-order valence-corrected chi connectivity index (χ0v) is 10.3. The molecule has 0 aromatic carbocycles. The molecule has 2 amide bonds. The van der Waals surface area contributed by atoms with Gasteiger partial charge in [-0.25, -0.2) is 9.78 Å². The minimum Gasteiger partial charge on any atom is -0.395 e. The molecule has 7 nitrogen and oxygen atoms in total. The van der Waals surface area contributed by atoms with E-state index in [-0.39, 0.29) is 19.2 Å². The van der Waals surface area contributed by atoms with Crippen molar-refractivity contribution in [3.8, 4) is 0 Å². The van der Waals surface area contributed by atoms with Crippen molar-refractivity contribution in [1.29, 1.82) is 0 Å². The third kappa shape index (κ3) is 2.40. The highest BCUT2D eigenvalue weighted by Crippen LogP contribution is 2.18. The first-order chi connectivity index (χ1) is 8.61. The second kappa shape index (κ2) is 5.01. The second-order valence-corrected chi connectivity index (χ2v) is 3.91. The van der Waals surface area contributed by atoms with E-state index in [1.165, 1.54) is 0 Å². The van der Waals surface area contributed by atoms with Gasteiger partial charge in [-0.1, -0.05) is 0 Å². The van der Waals surface area contributed by atoms with Crippen LogP contribution < -0.4 is 10.6 Å². The fraction of sp³-hybridized carbons (Fsp3) is 0.364. The molecule has 7 heteroatoms. The number of urea groups is 1. The maximum absolute atomic E-state index is 11.4. The van der Waals surface area contributed by atoms with Crippen LogP contribution in [0.1, 0.15) is 5.69 Å². The average molecular weight is 249 g/mol. The Morgan fingerprint density at radius 1 is 1.56 bits per heavy atom. The van der Waals surface area contributed by atoms with Crippen molar-refractivity contribution in [2.75, 3.05) is 18.5 Å². The number of nitrogens with one attached hydrogen (secondary N) is 2. The van der Waals surface area contributed by atoms with E-state index in [0.717, 1.165) is 16.7 Å². The lowest BCUT2D eigenvalue weighted by Crippen LogP contribution is -2.30. The van der Waals surface area contributed by atoms with Crippen LogP contribution in [-0.2, 0) is 7.05 Å². The summed E-state index contributed by atoms with van der Waals surface area (Å²) in [6.45, 7) is 2.01. The van der Waals surface area contributed by atoms with Crippen molar-refractivity contribution in [3.63, 3.8) is 0 Å². The summed E-state index contributed by atoms with van der Waals surface area (Å²) >= 11 is 0. The number of aryl methyl sites for hydroxylation is 2. The number of hydrogen-bond acceptors (Lipinski definition) is 4. The van der Waals surface area contributed by atoms with Gasteiger partial charge in [0.1, 0.15) is 0 Å². The molecule has 18 heavy (non-hydrogen) atoms. The van der Waals surface area contributed by atoms with Gasteiger partial charge in [0.15, 0.2) is 5.65 Å². The fourth-order valence-electron chi connectivity index (χ4n) is 1.72. The highest BCUT2D eigenvalue weighted by atomic mass is 16.3. The molecule has 2 aromatic heterocycles. The van der Waals surface area contributed by atoms with Crippen LogP contribution in [0.5, 0.6) is 0 Å². The van der Waals surface area contributed by atoms with Crippen molar-refractivity contribution in [2.45, 2.75) is 6.92 Å². The van der Waals surface area contributed by atoms with Gasteiger partial charge in [-0.3, -0.25) is 4.68 Å². The van der Waals surface area contributed by atoms with Crippen LogP contribution in [0.2, 0.25) is 0 Å². The molecule has 2 rings (SSSR count). The van der Waals surface area contributed by atoms with Crippen LogP contribution in [0, 0.1) is 6.92 Å². The third-order valence-corrected chi connectivity index (χ3v) is 2.52. The number of aliphatic hydroxyl groups excluding tert-OH is 1. The molecule has 0 spiro atoms. The Balaban J connectivity index is 2.20. The molecule has 0 saturated carbocycles. The first kappa shape index (κ1) is 12.3. The van der Waals surface area contributed by atoms with E-state index in [1.807, 2.05) is 20.0 Å². The summed E-state index contributed by atoms with van der Waals surface area (Å²) in [5, 5.41) is 18.9. The van der Waals surface area contributed by atoms with E-state index >= 15 is 0 Å². The second-order valence-electron chi connectivity index (χ2n) is 3.91. The molecule has 3 N–H and O–H groups in total. The van der Waals surface area contributed by atoms with E-state index in [1.54, 1.807) is 10.9 Å². The van der Waals surface area contributed by atoms with E-state index in [4.69, 9.17) is 5.11 Å². The number of fused-ring (bicyclic) bond motifs is 1. The standard InChI is InChI=1S/C11H15N5O2/c1-7-9-5-8(14-11(18)12-3-4-17)6-13-10(9)16(2)15-7/h5-6,17H,3-4H2,1-2H3,(H2,12,14,18). The first-order valence-corrected chi connectivity index (χ1v) is 5.57. The largest absolute Gasteiger partial charge is 0.395 e. The predicted molar refractivity (Wildman–Crippen MR) is 67.4 cm³/mol. The Bertz CT molecular complexity index is 578. The summed E-state index contributed by atoms with van der Waals surface area (Å²) in [4.78, 5) is 15.7. The molecule has 0 aliphatic rings. The zero-order chi connectivity index (χ0) is 13.1. The van der Waals surface area contributed by atoms with Gasteiger partial charge in [-0.15, -0.1) is 0 Å². The van der Waals surface area contributed by atoms with Gasteiger partial charge < -0.3 is 15.7 Å². The third-order valence-electron chi connectivity index (χ3n) is 2.52. The van der Waals surface area contributed by atoms with Crippen LogP contribution in [0.25, 0.3) is 11.0 Å². The molecule has 0 aliphatic carbocycles. The summed E-state index contributed by atoms with van der Waals surface area (Å²) in [6.07, 6.45) is 1.57. The molecule has 0 unspecified atom stereocenters. The fourth-order valence-corrected chi connectivity index (χ4v) is 1.72. The molecule has 2 aromatic rings. The van der Waals surface area contributed by atoms with Crippen LogP contribution in [0.4, 0.5) is 10.5 Å². The Morgan fingerprint density at radius 3 is 3.06 bits per heavy atom. The Labute approximate surface area is 104 Å². The van der Waals surface area contributed by atoms with E-state index in [0.29, 0.717) is 5.69 Å². The van der Waals surface area contributed by atoms with E-state index < -0.39 is 0 Å². The molecule has 96 valence electrons. The van der Waals surface area contributed by atoms with Gasteiger partial charge in [0.2, 0.25) is 0 Å². The number of amides is 2. The normalized spacial score (nSPS) is 10.6. The first-order valence-electron chi connectivity index (χ1n) is 5.57. The smallest absolute Gasteiger partial charge is 0.319 e. The molecule has 0 fully saturated rings. The lowest BCUT2D eigenvalue weighted by atomic mass is 10.2. The number of hydrogen-bond donors (Lipinski definition) is 3. The predicted octanol–water partition coefficient (Wildman–Crippen LogP) is 0.391. The Morgan fingerprint density at radius 2 is 2.33 bits per heavy atom. The number of aliphatic hydroxyl groups is 1. The molecular weight excluding hydrogens is 234 g/mol. The lowest BCUT2D eigenvalue weighted by molar-refractivity contribution is 0.245. The minimum atomic E-state index is -0.369. The number of aromatic nitrogens is 3. The van der Waals surface area contributed by atoms with Crippen molar-refractivity contribution < 1.29 is 9.90 Å². The molecule has 0 aliphatic heterocycles. The van der Waals surface area contributed by atoms with Crippen molar-refractivity contribution >= 4 is 22.8 Å². The molecule has 0 saturated heterocycles. The number of pyridine rings is 1. The number of carbonyl (C=O) groups excluding carboxylic acids is 1. The topological polar surface area (TPSA) is 92.1 Å². The van der Waals surface area contributed by atoms with Gasteiger partial charge >= 0.3 is 6.03 Å². The van der Waals surface area contributed by atoms with E-state index in [9.17, 15) is 4.79 Å². The Kier molecular flexibility index (Phi) is 3.42. The van der Waals surface area contributed by atoms with Crippen LogP contribution in [0.15, 0.2) is 12.3 Å². The molecule has 2 heterocycles. The van der Waals surface area contributed by atoms with Crippen LogP contribution in [-0.4, -0.2) is 39.1 Å². The van der Waals surface area contributed by atoms with Crippen molar-refractivity contribution in [3.05, 3.63) is 18.0 Å². The van der Waals surface area contributed by atoms with E-state index in [2.05, 4.69) is 20.7 Å². The average Bonchev–Trinajstić information content (AvgIpc) is 2.62. The van der Waals surface area contributed by atoms with Gasteiger partial charge in [0.05, 0.1) is 24.2 Å². The van der Waals surface area contributed by atoms with Gasteiger partial charge in [-0.05, 0) is 13.0 Å². The van der Waals surface area contributed by atoms with Gasteiger partial charge in [0, 0.05) is 19.0 Å². The highest BCUT2D eigenvalue weighted by molar-refractivity contribution is 5.91. The summed E-state index contributed by atoms with van der Waals surface area (Å²) in [5.41, 5.74) is 2.22. The number of carbonyl (C=O) groups is 1. The molecule has 0 atom stereocenters. The molecular formula is C11H15N5O2. The molecule has 0 bridgehead atoms. The van der Waals surface area contributed by atoms with Crippen LogP contribution >= 0.6 is 0 Å². The van der Waals surface area contributed by atoms with Gasteiger partial charge in [-0.2, -0.15) is 5.10 Å². The maximum atomic E-state index is 11.4. The summed E-state index contributed by atoms with van der Waals surface area (Å²) in [6, 6.07) is 1.45. The number of anilines is 1. The zero-order valence-electron chi connectivity index (χ0n) is 10.3. The lowest BCUT2D eigenvalue weighted by Gasteiger charge is -2.06. The molecule has 0 radical (unpaired) electrons. The summed E-state index contributed by atoms with van der Waals surface area (Å²) in [5.74, 6) is 0. The number of nitrogens with zero attached hydrogens (tertiary/aromatic N) is 3. The monoisotopic (exact) mass is 249 g/mol. The summed E-state index contributed by atoms with van der Waals surface area (Å²) < 4.78 is 1.69. The highest BCUT2D eigenvalue weighted by Gasteiger charge is 2.08. The summed E-state index contributed by atoms with van der Waals surface area (Å²) in [7, 11) is 1.82. The van der Waals surface area contributed by atoms with Crippen LogP contribution in [0.3, 0.4) is 0 Å². The number of rotatable bonds is 3. The van der Waals surface area contributed by atoms with Crippen molar-refractivity contribution in [1.82, 2.24) is 20.1 Å². The SMILES string of the molecule is Cc1nn(C)c2ncc(NC(=O)NCCO)cc12.